The van der Waals surface area contributed by atoms with Crippen molar-refractivity contribution in [1.29, 1.82) is 0 Å². The van der Waals surface area contributed by atoms with Crippen LogP contribution in [0.15, 0.2) is 24.3 Å². The van der Waals surface area contributed by atoms with E-state index in [0.717, 1.165) is 31.4 Å². The van der Waals surface area contributed by atoms with Crippen LogP contribution in [0.3, 0.4) is 0 Å². The molecular weight excluding hydrogens is 272 g/mol. The van der Waals surface area contributed by atoms with Crippen molar-refractivity contribution in [3.8, 4) is 0 Å². The lowest BCUT2D eigenvalue weighted by molar-refractivity contribution is 0.136. The van der Waals surface area contributed by atoms with Crippen molar-refractivity contribution in [1.82, 2.24) is 10.6 Å². The Bertz CT molecular complexity index is 412. The first-order valence-electron chi connectivity index (χ1n) is 7.46. The van der Waals surface area contributed by atoms with Crippen LogP contribution in [0.25, 0.3) is 0 Å². The van der Waals surface area contributed by atoms with E-state index in [0.29, 0.717) is 17.3 Å². The highest BCUT2D eigenvalue weighted by Gasteiger charge is 2.42. The molecule has 0 bridgehead atoms. The fraction of sp³-hybridized carbons (Fsp3) is 0.667. The Morgan fingerprint density at radius 3 is 2.90 bits per heavy atom. The zero-order valence-corrected chi connectivity index (χ0v) is 12.3. The molecule has 3 N–H and O–H groups in total. The Balaban J connectivity index is 1.35. The van der Waals surface area contributed by atoms with Gasteiger partial charge < -0.3 is 15.7 Å². The number of nitrogens with one attached hydrogen (secondary N) is 2. The van der Waals surface area contributed by atoms with Crippen molar-refractivity contribution in [2.75, 3.05) is 5.75 Å². The lowest BCUT2D eigenvalue weighted by atomic mass is 9.97. The van der Waals surface area contributed by atoms with E-state index in [1.54, 1.807) is 0 Å². The second kappa shape index (κ2) is 6.22. The molecule has 0 saturated carbocycles. The molecule has 4 atom stereocenters. The summed E-state index contributed by atoms with van der Waals surface area (Å²) in [5, 5.41) is 16.6. The van der Waals surface area contributed by atoms with Gasteiger partial charge in [-0.25, -0.2) is 4.79 Å². The van der Waals surface area contributed by atoms with Gasteiger partial charge in [0.05, 0.1) is 18.2 Å². The number of urea groups is 1. The van der Waals surface area contributed by atoms with Crippen LogP contribution in [0.5, 0.6) is 0 Å². The number of carbonyl (C=O) groups excluding carboxylic acids is 1. The second-order valence-corrected chi connectivity index (χ2v) is 7.09. The van der Waals surface area contributed by atoms with E-state index >= 15 is 0 Å². The Morgan fingerprint density at radius 1 is 1.30 bits per heavy atom. The first kappa shape index (κ1) is 14.0. The van der Waals surface area contributed by atoms with E-state index in [-0.39, 0.29) is 18.1 Å². The van der Waals surface area contributed by atoms with Crippen molar-refractivity contribution in [2.45, 2.75) is 49.1 Å². The molecule has 2 amide bonds. The number of aliphatic hydroxyl groups is 1. The summed E-state index contributed by atoms with van der Waals surface area (Å²) in [5.74, 6) is 1.23. The summed E-state index contributed by atoms with van der Waals surface area (Å²) >= 11 is 1.96. The van der Waals surface area contributed by atoms with Crippen LogP contribution >= 0.6 is 11.8 Å². The number of allylic oxidation sites excluding steroid dienone is 2. The maximum Gasteiger partial charge on any atom is 0.315 e. The van der Waals surface area contributed by atoms with Crippen molar-refractivity contribution in [3.63, 3.8) is 0 Å². The first-order valence-corrected chi connectivity index (χ1v) is 8.50. The Hall–Kier alpha value is -0.940. The number of hydrogen-bond acceptors (Lipinski definition) is 3. The molecule has 0 aromatic carbocycles. The van der Waals surface area contributed by atoms with Gasteiger partial charge >= 0.3 is 6.03 Å². The molecule has 0 unspecified atom stereocenters. The summed E-state index contributed by atoms with van der Waals surface area (Å²) in [7, 11) is 0. The molecule has 3 aliphatic rings. The number of carbonyl (C=O) groups is 1. The molecule has 0 spiro atoms. The summed E-state index contributed by atoms with van der Waals surface area (Å²) in [5.41, 5.74) is 0. The van der Waals surface area contributed by atoms with Gasteiger partial charge in [-0.3, -0.25) is 0 Å². The van der Waals surface area contributed by atoms with Gasteiger partial charge in [0.15, 0.2) is 0 Å². The van der Waals surface area contributed by atoms with Gasteiger partial charge in [0.25, 0.3) is 0 Å². The number of hydrogen-bond donors (Lipinski definition) is 3. The van der Waals surface area contributed by atoms with E-state index in [2.05, 4.69) is 22.8 Å². The lowest BCUT2D eigenvalue weighted by Crippen LogP contribution is -2.36. The maximum absolute atomic E-state index is 11.3. The van der Waals surface area contributed by atoms with Gasteiger partial charge in [0.2, 0.25) is 0 Å². The lowest BCUT2D eigenvalue weighted by Gasteiger charge is -2.18. The molecule has 0 aromatic heterocycles. The number of fused-ring (bicyclic) bond motifs is 1. The van der Waals surface area contributed by atoms with Gasteiger partial charge in [-0.05, 0) is 12.8 Å². The predicted molar refractivity (Wildman–Crippen MR) is 81.7 cm³/mol. The van der Waals surface area contributed by atoms with Crippen molar-refractivity contribution < 1.29 is 9.90 Å². The Labute approximate surface area is 124 Å². The van der Waals surface area contributed by atoms with Gasteiger partial charge in [0.1, 0.15) is 0 Å². The molecule has 3 rings (SSSR count). The smallest absolute Gasteiger partial charge is 0.315 e. The average molecular weight is 294 g/mol. The fourth-order valence-electron chi connectivity index (χ4n) is 3.24. The normalized spacial score (nSPS) is 33.2. The summed E-state index contributed by atoms with van der Waals surface area (Å²) in [6, 6.07) is 0.607. The Kier molecular flexibility index (Phi) is 4.36. The van der Waals surface area contributed by atoms with Crippen LogP contribution in [0.4, 0.5) is 4.79 Å². The minimum Gasteiger partial charge on any atom is -0.392 e. The number of unbranched alkanes of at least 4 members (excludes halogenated alkanes) is 1. The molecule has 0 aromatic rings. The molecule has 2 heterocycles. The SMILES string of the molecule is O=C1N[C@H]2[C@H](CS[C@H]2CCCC[C@H](O)C2C=CC=C2)N1. The quantitative estimate of drug-likeness (QED) is 0.517. The van der Waals surface area contributed by atoms with Gasteiger partial charge in [-0.2, -0.15) is 11.8 Å². The fourth-order valence-corrected chi connectivity index (χ4v) is 4.78. The highest BCUT2D eigenvalue weighted by atomic mass is 32.2. The van der Waals surface area contributed by atoms with E-state index in [1.807, 2.05) is 23.9 Å². The van der Waals surface area contributed by atoms with Crippen molar-refractivity contribution in [3.05, 3.63) is 24.3 Å². The first-order chi connectivity index (χ1) is 9.74. The zero-order chi connectivity index (χ0) is 13.9. The standard InChI is InChI=1S/C15H22N2O2S/c18-12(10-5-1-2-6-10)7-3-4-8-13-14-11(9-20-13)16-15(19)17-14/h1-2,5-6,10-14,18H,3-4,7-9H2,(H2,16,17,19)/t11-,12-,13-,14-/m0/s1. The van der Waals surface area contributed by atoms with Crippen LogP contribution in [0.1, 0.15) is 25.7 Å². The van der Waals surface area contributed by atoms with Gasteiger partial charge in [0, 0.05) is 16.9 Å². The monoisotopic (exact) mass is 294 g/mol. The minimum absolute atomic E-state index is 0.0134. The molecule has 5 heteroatoms. The molecule has 0 radical (unpaired) electrons. The van der Waals surface area contributed by atoms with Crippen LogP contribution in [0.2, 0.25) is 0 Å². The third kappa shape index (κ3) is 3.04. The summed E-state index contributed by atoms with van der Waals surface area (Å²) in [4.78, 5) is 11.3. The van der Waals surface area contributed by atoms with Crippen LogP contribution < -0.4 is 10.6 Å². The number of aliphatic hydroxyl groups excluding tert-OH is 1. The molecule has 2 saturated heterocycles. The summed E-state index contributed by atoms with van der Waals surface area (Å²) in [6.07, 6.45) is 12.0. The molecule has 20 heavy (non-hydrogen) atoms. The van der Waals surface area contributed by atoms with E-state index in [4.69, 9.17) is 0 Å². The van der Waals surface area contributed by atoms with Crippen LogP contribution in [0, 0.1) is 5.92 Å². The van der Waals surface area contributed by atoms with Crippen molar-refractivity contribution in [2.24, 2.45) is 5.92 Å². The van der Waals surface area contributed by atoms with Crippen LogP contribution in [-0.2, 0) is 0 Å². The molecule has 4 nitrogen and oxygen atoms in total. The van der Waals surface area contributed by atoms with E-state index < -0.39 is 0 Å². The largest absolute Gasteiger partial charge is 0.392 e. The molecule has 1 aliphatic carbocycles. The average Bonchev–Trinajstić information content (AvgIpc) is 3.11. The van der Waals surface area contributed by atoms with E-state index in [9.17, 15) is 9.90 Å². The van der Waals surface area contributed by atoms with Crippen molar-refractivity contribution >= 4 is 17.8 Å². The topological polar surface area (TPSA) is 61.4 Å². The molecular formula is C15H22N2O2S. The highest BCUT2D eigenvalue weighted by molar-refractivity contribution is 8.00. The number of thioether (sulfide) groups is 1. The second-order valence-electron chi connectivity index (χ2n) is 5.82. The van der Waals surface area contributed by atoms with E-state index in [1.165, 1.54) is 0 Å². The van der Waals surface area contributed by atoms with Crippen LogP contribution in [-0.4, -0.2) is 40.3 Å². The third-order valence-corrected chi connectivity index (χ3v) is 5.91. The van der Waals surface area contributed by atoms with Gasteiger partial charge in [-0.15, -0.1) is 0 Å². The molecule has 2 aliphatic heterocycles. The minimum atomic E-state index is -0.248. The Morgan fingerprint density at radius 2 is 2.10 bits per heavy atom. The predicted octanol–water partition coefficient (Wildman–Crippen LogP) is 1.82. The number of rotatable bonds is 6. The maximum atomic E-state index is 11.3. The molecule has 110 valence electrons. The summed E-state index contributed by atoms with van der Waals surface area (Å²) in [6.45, 7) is 0. The molecule has 2 fully saturated rings. The zero-order valence-electron chi connectivity index (χ0n) is 11.5. The van der Waals surface area contributed by atoms with Gasteiger partial charge in [-0.1, -0.05) is 37.1 Å². The summed E-state index contributed by atoms with van der Waals surface area (Å²) < 4.78 is 0. The third-order valence-electron chi connectivity index (χ3n) is 4.40. The highest BCUT2D eigenvalue weighted by Crippen LogP contribution is 2.33. The number of amides is 2.